The average molecular weight is 247 g/mol. The first-order chi connectivity index (χ1) is 7.91. The van der Waals surface area contributed by atoms with Gasteiger partial charge in [-0.05, 0) is 13.3 Å². The van der Waals surface area contributed by atoms with Gasteiger partial charge < -0.3 is 10.4 Å². The Morgan fingerprint density at radius 1 is 1.35 bits per heavy atom. The monoisotopic (exact) mass is 247 g/mol. The number of carbonyl (C=O) groups is 1. The number of nitrogens with one attached hydrogen (secondary N) is 1. The van der Waals surface area contributed by atoms with Crippen LogP contribution in [0, 0.1) is 17.5 Å². The summed E-state index contributed by atoms with van der Waals surface area (Å²) < 4.78 is 38.9. The molecule has 0 heterocycles. The van der Waals surface area contributed by atoms with Crippen LogP contribution in [-0.4, -0.2) is 23.7 Å². The second-order valence-electron chi connectivity index (χ2n) is 3.64. The molecule has 2 N–H and O–H groups in total. The molecule has 0 aliphatic rings. The fourth-order valence-electron chi connectivity index (χ4n) is 1.24. The number of halogens is 3. The minimum Gasteiger partial charge on any atom is -0.393 e. The summed E-state index contributed by atoms with van der Waals surface area (Å²) in [6.07, 6.45) is -0.367. The first-order valence-corrected chi connectivity index (χ1v) is 5.02. The number of benzene rings is 1. The van der Waals surface area contributed by atoms with Crippen LogP contribution in [0.25, 0.3) is 0 Å². The molecule has 0 aliphatic carbocycles. The van der Waals surface area contributed by atoms with E-state index in [0.29, 0.717) is 12.1 Å². The molecule has 0 aliphatic heterocycles. The Hall–Kier alpha value is -1.56. The van der Waals surface area contributed by atoms with E-state index in [1.165, 1.54) is 6.92 Å². The molecule has 1 amide bonds. The largest absolute Gasteiger partial charge is 0.393 e. The van der Waals surface area contributed by atoms with E-state index < -0.39 is 35.0 Å². The number of rotatable bonds is 4. The minimum atomic E-state index is -1.25. The van der Waals surface area contributed by atoms with Gasteiger partial charge in [0.1, 0.15) is 23.0 Å². The Morgan fingerprint density at radius 2 is 1.88 bits per heavy atom. The number of amides is 1. The second-order valence-corrected chi connectivity index (χ2v) is 3.64. The van der Waals surface area contributed by atoms with E-state index in [1.54, 1.807) is 0 Å². The Bertz CT molecular complexity index is 398. The van der Waals surface area contributed by atoms with E-state index in [0.717, 1.165) is 0 Å². The SMILES string of the molecule is CC(O)CCNC(=O)c1c(F)cc(F)cc1F. The third-order valence-corrected chi connectivity index (χ3v) is 2.08. The van der Waals surface area contributed by atoms with Gasteiger partial charge in [0.05, 0.1) is 6.10 Å². The van der Waals surface area contributed by atoms with Gasteiger partial charge in [-0.25, -0.2) is 13.2 Å². The van der Waals surface area contributed by atoms with Crippen molar-refractivity contribution in [3.8, 4) is 0 Å². The molecule has 1 rings (SSSR count). The Balaban J connectivity index is 2.76. The van der Waals surface area contributed by atoms with E-state index in [9.17, 15) is 18.0 Å². The van der Waals surface area contributed by atoms with Gasteiger partial charge in [-0.1, -0.05) is 0 Å². The van der Waals surface area contributed by atoms with E-state index in [2.05, 4.69) is 5.32 Å². The summed E-state index contributed by atoms with van der Waals surface area (Å²) in [5.41, 5.74) is -0.822. The zero-order valence-electron chi connectivity index (χ0n) is 9.14. The molecule has 6 heteroatoms. The first-order valence-electron chi connectivity index (χ1n) is 5.02. The molecular formula is C11H12F3NO2. The first kappa shape index (κ1) is 13.5. The van der Waals surface area contributed by atoms with Crippen LogP contribution in [0.1, 0.15) is 23.7 Å². The van der Waals surface area contributed by atoms with Crippen LogP contribution in [-0.2, 0) is 0 Å². The van der Waals surface area contributed by atoms with Crippen molar-refractivity contribution in [3.63, 3.8) is 0 Å². The predicted octanol–water partition coefficient (Wildman–Crippen LogP) is 1.60. The highest BCUT2D eigenvalue weighted by Gasteiger charge is 2.18. The Labute approximate surface area is 96.3 Å². The summed E-state index contributed by atoms with van der Waals surface area (Å²) in [4.78, 5) is 11.4. The van der Waals surface area contributed by atoms with Crippen molar-refractivity contribution < 1.29 is 23.1 Å². The third kappa shape index (κ3) is 3.74. The summed E-state index contributed by atoms with van der Waals surface area (Å²) in [5.74, 6) is -4.56. The van der Waals surface area contributed by atoms with E-state index in [1.807, 2.05) is 0 Å². The average Bonchev–Trinajstić information content (AvgIpc) is 2.14. The van der Waals surface area contributed by atoms with Gasteiger partial charge in [0.15, 0.2) is 0 Å². The highest BCUT2D eigenvalue weighted by molar-refractivity contribution is 5.94. The predicted molar refractivity (Wildman–Crippen MR) is 54.9 cm³/mol. The van der Waals surface area contributed by atoms with E-state index >= 15 is 0 Å². The number of carbonyl (C=O) groups excluding carboxylic acids is 1. The summed E-state index contributed by atoms with van der Waals surface area (Å²) in [6.45, 7) is 1.60. The molecule has 0 saturated heterocycles. The van der Waals surface area contributed by atoms with Crippen molar-refractivity contribution in [1.29, 1.82) is 0 Å². The molecule has 94 valence electrons. The van der Waals surface area contributed by atoms with Crippen LogP contribution in [0.2, 0.25) is 0 Å². The molecule has 1 unspecified atom stereocenters. The minimum absolute atomic E-state index is 0.0761. The maximum absolute atomic E-state index is 13.2. The van der Waals surface area contributed by atoms with Crippen molar-refractivity contribution in [2.24, 2.45) is 0 Å². The molecule has 1 aromatic rings. The number of hydrogen-bond donors (Lipinski definition) is 2. The lowest BCUT2D eigenvalue weighted by atomic mass is 10.1. The lowest BCUT2D eigenvalue weighted by molar-refractivity contribution is 0.0937. The lowest BCUT2D eigenvalue weighted by Gasteiger charge is -2.08. The zero-order valence-corrected chi connectivity index (χ0v) is 9.14. The van der Waals surface area contributed by atoms with Crippen LogP contribution in [0.3, 0.4) is 0 Å². The lowest BCUT2D eigenvalue weighted by Crippen LogP contribution is -2.28. The summed E-state index contributed by atoms with van der Waals surface area (Å²) in [5, 5.41) is 11.2. The molecule has 0 radical (unpaired) electrons. The molecule has 0 spiro atoms. The summed E-state index contributed by atoms with van der Waals surface area (Å²) in [7, 11) is 0. The number of hydrogen-bond acceptors (Lipinski definition) is 2. The van der Waals surface area contributed by atoms with Gasteiger partial charge in [0.2, 0.25) is 0 Å². The van der Waals surface area contributed by atoms with Crippen molar-refractivity contribution in [1.82, 2.24) is 5.32 Å². The van der Waals surface area contributed by atoms with Crippen LogP contribution in [0.4, 0.5) is 13.2 Å². The molecule has 3 nitrogen and oxygen atoms in total. The topological polar surface area (TPSA) is 49.3 Å². The summed E-state index contributed by atoms with van der Waals surface area (Å²) >= 11 is 0. The van der Waals surface area contributed by atoms with Crippen LogP contribution < -0.4 is 5.32 Å². The van der Waals surface area contributed by atoms with Gasteiger partial charge in [-0.15, -0.1) is 0 Å². The molecule has 17 heavy (non-hydrogen) atoms. The molecule has 0 bridgehead atoms. The third-order valence-electron chi connectivity index (χ3n) is 2.08. The summed E-state index contributed by atoms with van der Waals surface area (Å²) in [6, 6.07) is 0.874. The Kier molecular flexibility index (Phi) is 4.51. The number of aliphatic hydroxyl groups excluding tert-OH is 1. The fourth-order valence-corrected chi connectivity index (χ4v) is 1.24. The highest BCUT2D eigenvalue weighted by atomic mass is 19.1. The van der Waals surface area contributed by atoms with Gasteiger partial charge >= 0.3 is 0 Å². The molecule has 1 aromatic carbocycles. The van der Waals surface area contributed by atoms with Crippen LogP contribution in [0.15, 0.2) is 12.1 Å². The fraction of sp³-hybridized carbons (Fsp3) is 0.364. The molecule has 0 saturated carbocycles. The maximum Gasteiger partial charge on any atom is 0.257 e. The van der Waals surface area contributed by atoms with Crippen molar-refractivity contribution in [2.45, 2.75) is 19.4 Å². The van der Waals surface area contributed by atoms with E-state index in [-0.39, 0.29) is 13.0 Å². The molecular weight excluding hydrogens is 235 g/mol. The van der Waals surface area contributed by atoms with Gasteiger partial charge in [-0.3, -0.25) is 4.79 Å². The molecule has 0 fully saturated rings. The number of aliphatic hydroxyl groups is 1. The Morgan fingerprint density at radius 3 is 2.35 bits per heavy atom. The van der Waals surface area contributed by atoms with Crippen LogP contribution >= 0.6 is 0 Å². The van der Waals surface area contributed by atoms with Gasteiger partial charge in [0, 0.05) is 18.7 Å². The van der Waals surface area contributed by atoms with Gasteiger partial charge in [-0.2, -0.15) is 0 Å². The quantitative estimate of drug-likeness (QED) is 0.849. The standard InChI is InChI=1S/C11H12F3NO2/c1-6(16)2-3-15-11(17)10-8(13)4-7(12)5-9(10)14/h4-6,16H,2-3H2,1H3,(H,15,17). The molecule has 1 atom stereocenters. The smallest absolute Gasteiger partial charge is 0.257 e. The second kappa shape index (κ2) is 5.67. The zero-order chi connectivity index (χ0) is 13.0. The molecule has 0 aromatic heterocycles. The highest BCUT2D eigenvalue weighted by Crippen LogP contribution is 2.14. The van der Waals surface area contributed by atoms with Crippen molar-refractivity contribution in [3.05, 3.63) is 35.1 Å². The van der Waals surface area contributed by atoms with Gasteiger partial charge in [0.25, 0.3) is 5.91 Å². The van der Waals surface area contributed by atoms with Crippen LogP contribution in [0.5, 0.6) is 0 Å². The maximum atomic E-state index is 13.2. The van der Waals surface area contributed by atoms with E-state index in [4.69, 9.17) is 5.11 Å². The normalized spacial score (nSPS) is 12.3. The van der Waals surface area contributed by atoms with Crippen molar-refractivity contribution >= 4 is 5.91 Å². The van der Waals surface area contributed by atoms with Crippen molar-refractivity contribution in [2.75, 3.05) is 6.54 Å².